The highest BCUT2D eigenvalue weighted by Crippen LogP contribution is 2.24. The molecule has 0 heterocycles. The monoisotopic (exact) mass is 232 g/mol. The van der Waals surface area contributed by atoms with Crippen molar-refractivity contribution in [1.82, 2.24) is 0 Å². The van der Waals surface area contributed by atoms with Crippen LogP contribution in [0.25, 0.3) is 0 Å². The van der Waals surface area contributed by atoms with Crippen LogP contribution in [-0.2, 0) is 11.2 Å². The van der Waals surface area contributed by atoms with Crippen molar-refractivity contribution in [1.29, 1.82) is 0 Å². The van der Waals surface area contributed by atoms with Gasteiger partial charge in [-0.15, -0.1) is 11.8 Å². The number of carboxylic acids is 1. The number of hydrogen-bond donors (Lipinski definition) is 1. The van der Waals surface area contributed by atoms with Gasteiger partial charge in [-0.2, -0.15) is 0 Å². The molecule has 2 nitrogen and oxygen atoms in total. The summed E-state index contributed by atoms with van der Waals surface area (Å²) >= 11 is 0.984. The van der Waals surface area contributed by atoms with Crippen molar-refractivity contribution < 1.29 is 18.7 Å². The third-order valence-electron chi connectivity index (χ3n) is 1.68. The molecule has 0 spiro atoms. The van der Waals surface area contributed by atoms with E-state index in [0.717, 1.165) is 11.8 Å². The van der Waals surface area contributed by atoms with Crippen LogP contribution >= 0.6 is 11.8 Å². The number of carboxylic acid groups (broad SMARTS) is 1. The van der Waals surface area contributed by atoms with Crippen LogP contribution in [0.1, 0.15) is 5.56 Å². The number of rotatable bonds is 5. The highest BCUT2D eigenvalue weighted by Gasteiger charge is 2.09. The highest BCUT2D eigenvalue weighted by atomic mass is 32.2. The van der Waals surface area contributed by atoms with Crippen LogP contribution in [0.2, 0.25) is 0 Å². The van der Waals surface area contributed by atoms with Crippen molar-refractivity contribution in [2.75, 3.05) is 5.75 Å². The summed E-state index contributed by atoms with van der Waals surface area (Å²) in [5.41, 5.74) is 0.579. The Hall–Kier alpha value is -1.10. The zero-order valence-corrected chi connectivity index (χ0v) is 8.64. The van der Waals surface area contributed by atoms with Gasteiger partial charge in [-0.25, -0.2) is 8.78 Å². The molecule has 1 aromatic rings. The maximum absolute atomic E-state index is 12.0. The van der Waals surface area contributed by atoms with Gasteiger partial charge in [-0.3, -0.25) is 4.79 Å². The quantitative estimate of drug-likeness (QED) is 0.793. The van der Waals surface area contributed by atoms with Gasteiger partial charge < -0.3 is 5.11 Å². The van der Waals surface area contributed by atoms with Gasteiger partial charge in [0.05, 0.1) is 12.2 Å². The predicted octanol–water partition coefficient (Wildman–Crippen LogP) is 2.67. The molecule has 82 valence electrons. The van der Waals surface area contributed by atoms with E-state index in [1.165, 1.54) is 0 Å². The molecule has 5 heteroatoms. The van der Waals surface area contributed by atoms with Crippen molar-refractivity contribution >= 4 is 17.7 Å². The Morgan fingerprint density at radius 3 is 2.67 bits per heavy atom. The van der Waals surface area contributed by atoms with E-state index in [9.17, 15) is 13.6 Å². The first-order valence-electron chi connectivity index (χ1n) is 4.30. The van der Waals surface area contributed by atoms with Crippen LogP contribution in [0.4, 0.5) is 8.78 Å². The Balaban J connectivity index is 2.72. The number of thioether (sulfide) groups is 1. The summed E-state index contributed by atoms with van der Waals surface area (Å²) in [4.78, 5) is 11.1. The summed E-state index contributed by atoms with van der Waals surface area (Å²) in [7, 11) is 0. The number of aliphatic carboxylic acids is 1. The molecule has 1 rings (SSSR count). The molecule has 0 aromatic heterocycles. The minimum Gasteiger partial charge on any atom is -0.481 e. The highest BCUT2D eigenvalue weighted by molar-refractivity contribution is 7.99. The van der Waals surface area contributed by atoms with E-state index in [1.54, 1.807) is 24.3 Å². The van der Waals surface area contributed by atoms with Crippen molar-refractivity contribution in [3.63, 3.8) is 0 Å². The van der Waals surface area contributed by atoms with Crippen molar-refractivity contribution in [2.45, 2.75) is 17.7 Å². The van der Waals surface area contributed by atoms with E-state index in [1.807, 2.05) is 0 Å². The lowest BCUT2D eigenvalue weighted by Gasteiger charge is -2.06. The van der Waals surface area contributed by atoms with E-state index in [2.05, 4.69) is 0 Å². The van der Waals surface area contributed by atoms with Gasteiger partial charge >= 0.3 is 5.97 Å². The molecule has 0 saturated heterocycles. The molecule has 1 aromatic carbocycles. The molecule has 0 fully saturated rings. The van der Waals surface area contributed by atoms with Crippen molar-refractivity contribution in [3.8, 4) is 0 Å². The molecular formula is C10H10F2O2S. The Bertz CT molecular complexity index is 342. The summed E-state index contributed by atoms with van der Waals surface area (Å²) < 4.78 is 24.0. The molecule has 0 aliphatic rings. The normalized spacial score (nSPS) is 10.6. The Morgan fingerprint density at radius 2 is 2.07 bits per heavy atom. The standard InChI is InChI=1S/C10H10F2O2S/c11-9(12)6-15-8-4-2-1-3-7(8)5-10(13)14/h1-4,9H,5-6H2,(H,13,14). The maximum atomic E-state index is 12.0. The fourth-order valence-electron chi connectivity index (χ4n) is 1.11. The topological polar surface area (TPSA) is 37.3 Å². The van der Waals surface area contributed by atoms with E-state index < -0.39 is 12.4 Å². The summed E-state index contributed by atoms with van der Waals surface area (Å²) in [5.74, 6) is -1.27. The fourth-order valence-corrected chi connectivity index (χ4v) is 1.91. The molecule has 1 N–H and O–H groups in total. The minimum atomic E-state index is -2.38. The SMILES string of the molecule is O=C(O)Cc1ccccc1SCC(F)F. The van der Waals surface area contributed by atoms with Crippen LogP contribution < -0.4 is 0 Å². The number of carbonyl (C=O) groups is 1. The summed E-state index contributed by atoms with van der Waals surface area (Å²) in [6.07, 6.45) is -2.51. The van der Waals surface area contributed by atoms with Gasteiger partial charge in [0.15, 0.2) is 0 Å². The van der Waals surface area contributed by atoms with Gasteiger partial charge in [0.25, 0.3) is 0 Å². The number of halogens is 2. The lowest BCUT2D eigenvalue weighted by atomic mass is 10.1. The summed E-state index contributed by atoms with van der Waals surface area (Å²) in [5, 5.41) is 8.61. The van der Waals surface area contributed by atoms with Gasteiger partial charge in [0.2, 0.25) is 6.43 Å². The van der Waals surface area contributed by atoms with Crippen LogP contribution in [-0.4, -0.2) is 23.3 Å². The molecule has 15 heavy (non-hydrogen) atoms. The zero-order chi connectivity index (χ0) is 11.3. The maximum Gasteiger partial charge on any atom is 0.307 e. The first-order valence-corrected chi connectivity index (χ1v) is 5.29. The third-order valence-corrected chi connectivity index (χ3v) is 2.81. The minimum absolute atomic E-state index is 0.133. The molecule has 0 amide bonds. The second-order valence-corrected chi connectivity index (χ2v) is 3.94. The Kier molecular flexibility index (Phi) is 4.55. The van der Waals surface area contributed by atoms with Gasteiger partial charge in [0, 0.05) is 4.90 Å². The van der Waals surface area contributed by atoms with Crippen LogP contribution in [0.15, 0.2) is 29.2 Å². The zero-order valence-electron chi connectivity index (χ0n) is 7.82. The second-order valence-electron chi connectivity index (χ2n) is 2.88. The molecule has 0 atom stereocenters. The third kappa shape index (κ3) is 4.29. The predicted molar refractivity (Wildman–Crippen MR) is 54.5 cm³/mol. The van der Waals surface area contributed by atoms with Crippen molar-refractivity contribution in [3.05, 3.63) is 29.8 Å². The smallest absolute Gasteiger partial charge is 0.307 e. The number of alkyl halides is 2. The van der Waals surface area contributed by atoms with E-state index in [-0.39, 0.29) is 12.2 Å². The largest absolute Gasteiger partial charge is 0.481 e. The fraction of sp³-hybridized carbons (Fsp3) is 0.300. The molecule has 0 bridgehead atoms. The molecule has 0 aliphatic carbocycles. The van der Waals surface area contributed by atoms with Gasteiger partial charge in [-0.1, -0.05) is 18.2 Å². The molecule has 0 radical (unpaired) electrons. The average Bonchev–Trinajstić information content (AvgIpc) is 2.15. The van der Waals surface area contributed by atoms with Crippen molar-refractivity contribution in [2.24, 2.45) is 0 Å². The lowest BCUT2D eigenvalue weighted by molar-refractivity contribution is -0.136. The molecule has 0 saturated carbocycles. The van der Waals surface area contributed by atoms with Crippen LogP contribution in [0, 0.1) is 0 Å². The van der Waals surface area contributed by atoms with Gasteiger partial charge in [-0.05, 0) is 11.6 Å². The number of hydrogen-bond acceptors (Lipinski definition) is 2. The average molecular weight is 232 g/mol. The Labute approximate surface area is 90.3 Å². The summed E-state index contributed by atoms with van der Waals surface area (Å²) in [6, 6.07) is 6.71. The molecular weight excluding hydrogens is 222 g/mol. The van der Waals surface area contributed by atoms with Crippen LogP contribution in [0.3, 0.4) is 0 Å². The van der Waals surface area contributed by atoms with E-state index in [0.29, 0.717) is 10.5 Å². The second kappa shape index (κ2) is 5.70. The summed E-state index contributed by atoms with van der Waals surface area (Å²) in [6.45, 7) is 0. The van der Waals surface area contributed by atoms with Crippen LogP contribution in [0.5, 0.6) is 0 Å². The first kappa shape index (κ1) is 12.0. The van der Waals surface area contributed by atoms with E-state index >= 15 is 0 Å². The van der Waals surface area contributed by atoms with E-state index in [4.69, 9.17) is 5.11 Å². The lowest BCUT2D eigenvalue weighted by Crippen LogP contribution is -2.02. The molecule has 0 unspecified atom stereocenters. The number of benzene rings is 1. The van der Waals surface area contributed by atoms with Gasteiger partial charge in [0.1, 0.15) is 0 Å². The Morgan fingerprint density at radius 1 is 1.40 bits per heavy atom. The molecule has 0 aliphatic heterocycles. The first-order chi connectivity index (χ1) is 7.09.